The summed E-state index contributed by atoms with van der Waals surface area (Å²) in [6.45, 7) is 10.6. The number of aldehydes is 1. The minimum absolute atomic E-state index is 0.0124. The Morgan fingerprint density at radius 1 is 1.20 bits per heavy atom. The van der Waals surface area contributed by atoms with Crippen LogP contribution in [0.25, 0.3) is 0 Å². The van der Waals surface area contributed by atoms with Gasteiger partial charge >= 0.3 is 5.97 Å². The molecule has 2 N–H and O–H groups in total. The lowest BCUT2D eigenvalue weighted by Crippen LogP contribution is -2.64. The van der Waals surface area contributed by atoms with E-state index in [-0.39, 0.29) is 30.3 Å². The Morgan fingerprint density at radius 3 is 2.58 bits per heavy atom. The number of hydrogen-bond acceptors (Lipinski definition) is 8. The third kappa shape index (κ3) is 3.48. The van der Waals surface area contributed by atoms with E-state index in [0.29, 0.717) is 31.8 Å². The van der Waals surface area contributed by atoms with Gasteiger partial charge in [-0.25, -0.2) is 0 Å². The molecule has 0 amide bonds. The normalized spacial score (nSPS) is 52.5. The molecule has 3 saturated carbocycles. The number of methoxy groups -OCH3 is 1. The number of ether oxygens (including phenoxy) is 5. The molecule has 6 aliphatic rings. The molecule has 2 aliphatic heterocycles. The quantitative estimate of drug-likeness (QED) is 0.321. The molecule has 9 nitrogen and oxygen atoms in total. The monoisotopic (exact) mass is 562 g/mol. The van der Waals surface area contributed by atoms with Gasteiger partial charge in [-0.1, -0.05) is 38.8 Å². The number of carbonyl (C=O) groups excluding carboxylic acids is 1. The molecule has 4 aliphatic carbocycles. The summed E-state index contributed by atoms with van der Waals surface area (Å²) >= 11 is 0. The summed E-state index contributed by atoms with van der Waals surface area (Å²) in [6.07, 6.45) is 3.17. The zero-order valence-electron chi connectivity index (χ0n) is 24.6. The van der Waals surface area contributed by atoms with E-state index >= 15 is 0 Å². The number of carbonyl (C=O) groups is 2. The van der Waals surface area contributed by atoms with Crippen LogP contribution in [0.1, 0.15) is 66.7 Å². The Balaban J connectivity index is 1.33. The minimum atomic E-state index is -1.33. The van der Waals surface area contributed by atoms with Crippen LogP contribution in [0.15, 0.2) is 11.6 Å². The van der Waals surface area contributed by atoms with Crippen LogP contribution < -0.4 is 0 Å². The first kappa shape index (κ1) is 28.7. The fraction of sp³-hybridized carbons (Fsp3) is 0.871. The first-order valence-electron chi connectivity index (χ1n) is 15.1. The first-order chi connectivity index (χ1) is 18.9. The molecule has 6 rings (SSSR count). The number of carboxylic acids is 1. The van der Waals surface area contributed by atoms with Crippen molar-refractivity contribution < 1.29 is 43.5 Å². The van der Waals surface area contributed by atoms with E-state index in [1.54, 1.807) is 7.11 Å². The van der Waals surface area contributed by atoms with Crippen molar-refractivity contribution in [2.45, 2.75) is 103 Å². The molecule has 8 unspecified atom stereocenters. The van der Waals surface area contributed by atoms with Crippen molar-refractivity contribution in [2.24, 2.45) is 45.8 Å². The number of rotatable bonds is 9. The molecule has 0 radical (unpaired) electrons. The van der Waals surface area contributed by atoms with Crippen LogP contribution in [0, 0.1) is 45.8 Å². The van der Waals surface area contributed by atoms with Crippen LogP contribution >= 0.6 is 0 Å². The zero-order chi connectivity index (χ0) is 28.8. The van der Waals surface area contributed by atoms with Crippen LogP contribution in [0.2, 0.25) is 0 Å². The van der Waals surface area contributed by atoms with Gasteiger partial charge in [-0.05, 0) is 62.7 Å². The molecule has 4 bridgehead atoms. The summed E-state index contributed by atoms with van der Waals surface area (Å²) in [5.41, 5.74) is -2.21. The van der Waals surface area contributed by atoms with Crippen molar-refractivity contribution in [1.82, 2.24) is 0 Å². The molecular formula is C31H46O9. The maximum absolute atomic E-state index is 13.6. The third-order valence-corrected chi connectivity index (χ3v) is 11.9. The summed E-state index contributed by atoms with van der Waals surface area (Å²) in [6, 6.07) is 0. The number of aliphatic carboxylic acids is 1. The van der Waals surface area contributed by atoms with Gasteiger partial charge in [0.2, 0.25) is 0 Å². The lowest BCUT2D eigenvalue weighted by molar-refractivity contribution is -0.287. The van der Waals surface area contributed by atoms with Crippen LogP contribution in [0.3, 0.4) is 0 Å². The fourth-order valence-electron chi connectivity index (χ4n) is 10.3. The van der Waals surface area contributed by atoms with Crippen molar-refractivity contribution >= 4 is 12.3 Å². The zero-order valence-corrected chi connectivity index (χ0v) is 24.6. The summed E-state index contributed by atoms with van der Waals surface area (Å²) in [5, 5.41) is 22.6. The maximum Gasteiger partial charge on any atom is 0.315 e. The average Bonchev–Trinajstić information content (AvgIpc) is 3.60. The summed E-state index contributed by atoms with van der Waals surface area (Å²) in [5.74, 6) is -1.18. The van der Waals surface area contributed by atoms with Gasteiger partial charge in [-0.15, -0.1) is 0 Å². The van der Waals surface area contributed by atoms with Crippen LogP contribution in [0.5, 0.6) is 0 Å². The van der Waals surface area contributed by atoms with Gasteiger partial charge in [0.15, 0.2) is 12.1 Å². The van der Waals surface area contributed by atoms with E-state index in [0.717, 1.165) is 24.7 Å². The number of aliphatic hydroxyl groups is 1. The topological polar surface area (TPSA) is 121 Å². The predicted molar refractivity (Wildman–Crippen MR) is 143 cm³/mol. The molecule has 2 heterocycles. The molecule has 9 heteroatoms. The molecular weight excluding hydrogens is 516 g/mol. The van der Waals surface area contributed by atoms with Crippen LogP contribution in [0.4, 0.5) is 0 Å². The first-order valence-corrected chi connectivity index (χ1v) is 15.1. The lowest BCUT2D eigenvalue weighted by Gasteiger charge is -2.58. The second-order valence-corrected chi connectivity index (χ2v) is 14.0. The Kier molecular flexibility index (Phi) is 6.88. The number of carboxylic acid groups (broad SMARTS) is 1. The molecule has 13 atom stereocenters. The second kappa shape index (κ2) is 9.58. The lowest BCUT2D eigenvalue weighted by atomic mass is 9.43. The molecule has 40 heavy (non-hydrogen) atoms. The molecule has 0 aromatic rings. The Hall–Kier alpha value is -1.36. The highest BCUT2D eigenvalue weighted by Crippen LogP contribution is 2.82. The van der Waals surface area contributed by atoms with Crippen LogP contribution in [-0.4, -0.2) is 79.3 Å². The fourth-order valence-corrected chi connectivity index (χ4v) is 10.3. The standard InChI is InChI=1S/C31H46O9/c1-16(2)22-11-19-12-29(14-32)21-8-7-17(3)20(21)13-30(19,31(22,29)27(34)35)15-37-26-23(33)25-24(18(4)38-26)39-28(5,40-25)9-10-36-6/h11,14,16-21,23-26,33H,7-10,12-13,15H2,1-6H3,(H,34,35)/t17?,18-,19?,20?,21?,23+,24-,25+,26-,28?,29?,30?,31?/m1/s1. The van der Waals surface area contributed by atoms with E-state index in [4.69, 9.17) is 23.7 Å². The van der Waals surface area contributed by atoms with Crippen molar-refractivity contribution in [3.05, 3.63) is 11.6 Å². The van der Waals surface area contributed by atoms with Gasteiger partial charge in [0.25, 0.3) is 0 Å². The van der Waals surface area contributed by atoms with Gasteiger partial charge < -0.3 is 38.7 Å². The number of hydrogen-bond donors (Lipinski definition) is 2. The van der Waals surface area contributed by atoms with Crippen molar-refractivity contribution in [3.63, 3.8) is 0 Å². The minimum Gasteiger partial charge on any atom is -0.481 e. The average molecular weight is 563 g/mol. The van der Waals surface area contributed by atoms with Gasteiger partial charge in [0, 0.05) is 18.9 Å². The van der Waals surface area contributed by atoms with Crippen LogP contribution in [-0.2, 0) is 33.3 Å². The number of aliphatic hydroxyl groups excluding tert-OH is 1. The molecule has 0 aromatic carbocycles. The van der Waals surface area contributed by atoms with Crippen molar-refractivity contribution in [1.29, 1.82) is 0 Å². The molecule has 0 spiro atoms. The molecule has 0 aromatic heterocycles. The number of allylic oxidation sites excluding steroid dienone is 1. The smallest absolute Gasteiger partial charge is 0.315 e. The third-order valence-electron chi connectivity index (χ3n) is 11.9. The van der Waals surface area contributed by atoms with Gasteiger partial charge in [-0.2, -0.15) is 0 Å². The Labute approximate surface area is 236 Å². The molecule has 224 valence electrons. The predicted octanol–water partition coefficient (Wildman–Crippen LogP) is 3.57. The highest BCUT2D eigenvalue weighted by Gasteiger charge is 2.84. The summed E-state index contributed by atoms with van der Waals surface area (Å²) in [4.78, 5) is 26.9. The number of fused-ring (bicyclic) bond motifs is 3. The van der Waals surface area contributed by atoms with Crippen molar-refractivity contribution in [3.8, 4) is 0 Å². The second-order valence-electron chi connectivity index (χ2n) is 14.0. The Bertz CT molecular complexity index is 1080. The molecule has 2 saturated heterocycles. The SMILES string of the molecule is COCCC1(C)O[C@H]2[C@H](O)[C@H](OCC34CC5C(C)CCC5C5(C=O)CC3C=C(C(C)C)C54C(=O)O)O[C@H](C)[C@H]2O1. The van der Waals surface area contributed by atoms with E-state index < -0.39 is 58.7 Å². The van der Waals surface area contributed by atoms with E-state index in [1.165, 1.54) is 0 Å². The van der Waals surface area contributed by atoms with E-state index in [9.17, 15) is 19.8 Å². The highest BCUT2D eigenvalue weighted by molar-refractivity contribution is 5.90. The van der Waals surface area contributed by atoms with Crippen molar-refractivity contribution in [2.75, 3.05) is 20.3 Å². The molecule has 5 fully saturated rings. The largest absolute Gasteiger partial charge is 0.481 e. The van der Waals surface area contributed by atoms with Gasteiger partial charge in [0.1, 0.15) is 30.0 Å². The van der Waals surface area contributed by atoms with Gasteiger partial charge in [-0.3, -0.25) is 4.79 Å². The Morgan fingerprint density at radius 2 is 1.93 bits per heavy atom. The summed E-state index contributed by atoms with van der Waals surface area (Å²) < 4.78 is 30.3. The van der Waals surface area contributed by atoms with E-state index in [1.807, 2.05) is 27.7 Å². The summed E-state index contributed by atoms with van der Waals surface area (Å²) in [7, 11) is 1.62. The highest BCUT2D eigenvalue weighted by atomic mass is 16.8. The maximum atomic E-state index is 13.6. The van der Waals surface area contributed by atoms with E-state index in [2.05, 4.69) is 13.0 Å². The van der Waals surface area contributed by atoms with Gasteiger partial charge in [0.05, 0.1) is 24.7 Å².